The van der Waals surface area contributed by atoms with Crippen LogP contribution in [0.4, 0.5) is 4.79 Å². The average Bonchev–Trinajstić information content (AvgIpc) is 2.72. The molecule has 9 nitrogen and oxygen atoms in total. The van der Waals surface area contributed by atoms with Gasteiger partial charge in [0.15, 0.2) is 15.6 Å². The molecule has 3 atom stereocenters. The lowest BCUT2D eigenvalue weighted by molar-refractivity contribution is 0.0970. The van der Waals surface area contributed by atoms with Gasteiger partial charge in [-0.05, 0) is 31.0 Å². The van der Waals surface area contributed by atoms with E-state index >= 15 is 0 Å². The van der Waals surface area contributed by atoms with Gasteiger partial charge in [0, 0.05) is 10.5 Å². The van der Waals surface area contributed by atoms with Gasteiger partial charge in [-0.1, -0.05) is 60.1 Å². The number of amides is 2. The van der Waals surface area contributed by atoms with E-state index in [2.05, 4.69) is 15.3 Å². The maximum absolute atomic E-state index is 13.6. The number of hydrogen-bond donors (Lipinski definition) is 2. The number of sulfone groups is 1. The van der Waals surface area contributed by atoms with Crippen LogP contribution in [0.5, 0.6) is 0 Å². The van der Waals surface area contributed by atoms with Gasteiger partial charge < -0.3 is 11.1 Å². The molecule has 0 aliphatic rings. The molecule has 0 radical (unpaired) electrons. The van der Waals surface area contributed by atoms with Crippen LogP contribution >= 0.6 is 0 Å². The molecular weight excluding hydrogens is 406 g/mol. The van der Waals surface area contributed by atoms with Crippen molar-refractivity contribution in [2.75, 3.05) is 0 Å². The Bertz CT molecular complexity index is 1050. The van der Waals surface area contributed by atoms with Gasteiger partial charge in [-0.15, -0.1) is 0 Å². The molecule has 30 heavy (non-hydrogen) atoms. The third kappa shape index (κ3) is 5.16. The van der Waals surface area contributed by atoms with Crippen molar-refractivity contribution in [2.24, 2.45) is 10.8 Å². The number of primary amides is 1. The first kappa shape index (κ1) is 22.9. The van der Waals surface area contributed by atoms with Crippen LogP contribution < -0.4 is 11.1 Å². The highest BCUT2D eigenvalue weighted by Gasteiger charge is 2.44. The van der Waals surface area contributed by atoms with Crippen LogP contribution in [0.1, 0.15) is 29.3 Å². The Morgan fingerprint density at radius 2 is 1.73 bits per heavy atom. The number of rotatable bonds is 9. The van der Waals surface area contributed by atoms with Crippen molar-refractivity contribution >= 4 is 21.7 Å². The summed E-state index contributed by atoms with van der Waals surface area (Å²) in [6.07, 6.45) is 0.178. The van der Waals surface area contributed by atoms with Crippen molar-refractivity contribution in [3.63, 3.8) is 0 Å². The first-order valence-electron chi connectivity index (χ1n) is 9.22. The van der Waals surface area contributed by atoms with E-state index in [-0.39, 0.29) is 16.9 Å². The standard InChI is InChI=1S/C20H23N5O4S/c1-3-16(24-25-22)17(23-20(21)27)19(18(26)14-7-5-4-6-8-14)30(28,29)15-11-9-13(2)10-12-15/h4-12,16-17,19H,3H2,1-2H3,(H3,21,23,27). The van der Waals surface area contributed by atoms with Crippen molar-refractivity contribution in [2.45, 2.75) is 42.5 Å². The third-order valence-corrected chi connectivity index (χ3v) is 6.77. The molecule has 0 heterocycles. The summed E-state index contributed by atoms with van der Waals surface area (Å²) in [6.45, 7) is 3.45. The molecule has 158 valence electrons. The van der Waals surface area contributed by atoms with Crippen molar-refractivity contribution in [1.82, 2.24) is 5.32 Å². The average molecular weight is 430 g/mol. The fraction of sp³-hybridized carbons (Fsp3) is 0.300. The highest BCUT2D eigenvalue weighted by molar-refractivity contribution is 7.93. The van der Waals surface area contributed by atoms with Crippen molar-refractivity contribution in [3.05, 3.63) is 76.2 Å². The molecule has 2 rings (SSSR count). The largest absolute Gasteiger partial charge is 0.352 e. The second kappa shape index (κ2) is 9.91. The molecule has 0 aromatic heterocycles. The second-order valence-electron chi connectivity index (χ2n) is 6.72. The van der Waals surface area contributed by atoms with Crippen LogP contribution in [0, 0.1) is 6.92 Å². The van der Waals surface area contributed by atoms with Gasteiger partial charge in [-0.25, -0.2) is 13.2 Å². The summed E-state index contributed by atoms with van der Waals surface area (Å²) in [5.74, 6) is -0.735. The quantitative estimate of drug-likeness (QED) is 0.272. The van der Waals surface area contributed by atoms with Crippen LogP contribution in [-0.2, 0) is 9.84 Å². The zero-order valence-electron chi connectivity index (χ0n) is 16.6. The summed E-state index contributed by atoms with van der Waals surface area (Å²) in [5, 5.41) is 4.19. The predicted octanol–water partition coefficient (Wildman–Crippen LogP) is 3.15. The van der Waals surface area contributed by atoms with E-state index in [9.17, 15) is 18.0 Å². The lowest BCUT2D eigenvalue weighted by atomic mass is 9.96. The highest BCUT2D eigenvalue weighted by atomic mass is 32.2. The molecule has 2 aromatic carbocycles. The molecule has 0 saturated carbocycles. The number of aryl methyl sites for hydroxylation is 1. The third-order valence-electron chi connectivity index (χ3n) is 4.67. The van der Waals surface area contributed by atoms with Crippen LogP contribution in [0.3, 0.4) is 0 Å². The minimum atomic E-state index is -4.29. The van der Waals surface area contributed by atoms with Gasteiger partial charge >= 0.3 is 6.03 Å². The number of carbonyl (C=O) groups is 2. The number of nitrogens with two attached hydrogens (primary N) is 1. The molecule has 10 heteroatoms. The molecule has 3 unspecified atom stereocenters. The Labute approximate surface area is 174 Å². The van der Waals surface area contributed by atoms with E-state index in [0.29, 0.717) is 0 Å². The summed E-state index contributed by atoms with van der Waals surface area (Å²) in [6, 6.07) is 10.5. The summed E-state index contributed by atoms with van der Waals surface area (Å²) in [5.41, 5.74) is 15.2. The fourth-order valence-corrected chi connectivity index (χ4v) is 5.01. The Hall–Kier alpha value is -3.36. The molecule has 0 fully saturated rings. The molecule has 2 aromatic rings. The van der Waals surface area contributed by atoms with Gasteiger partial charge in [-0.2, -0.15) is 0 Å². The molecule has 0 bridgehead atoms. The van der Waals surface area contributed by atoms with E-state index in [0.717, 1.165) is 5.56 Å². The molecular formula is C20H23N5O4S. The Balaban J connectivity index is 2.72. The van der Waals surface area contributed by atoms with Crippen LogP contribution in [0.15, 0.2) is 64.6 Å². The number of urea groups is 1. The lowest BCUT2D eigenvalue weighted by Crippen LogP contribution is -2.57. The molecule has 2 amide bonds. The van der Waals surface area contributed by atoms with Crippen LogP contribution in [0.25, 0.3) is 10.4 Å². The number of benzene rings is 2. The Kier molecular flexibility index (Phi) is 7.57. The Morgan fingerprint density at radius 1 is 1.13 bits per heavy atom. The van der Waals surface area contributed by atoms with Crippen molar-refractivity contribution in [1.29, 1.82) is 0 Å². The normalized spacial score (nSPS) is 14.1. The first-order valence-corrected chi connectivity index (χ1v) is 10.8. The van der Waals surface area contributed by atoms with Crippen LogP contribution in [0.2, 0.25) is 0 Å². The smallest absolute Gasteiger partial charge is 0.312 e. The first-order chi connectivity index (χ1) is 14.2. The maximum Gasteiger partial charge on any atom is 0.312 e. The van der Waals surface area contributed by atoms with E-state index in [1.54, 1.807) is 44.2 Å². The SMILES string of the molecule is CCC(N=[N+]=[N-])C(NC(N)=O)C(C(=O)c1ccccc1)S(=O)(=O)c1ccc(C)cc1. The Morgan fingerprint density at radius 3 is 2.23 bits per heavy atom. The number of Topliss-reactive ketones (excluding diaryl/α,β-unsaturated/α-hetero) is 1. The summed E-state index contributed by atoms with van der Waals surface area (Å²) in [7, 11) is -4.29. The highest BCUT2D eigenvalue weighted by Crippen LogP contribution is 2.26. The van der Waals surface area contributed by atoms with Crippen LogP contribution in [-0.4, -0.2) is 37.6 Å². The molecule has 0 spiro atoms. The number of carbonyl (C=O) groups excluding carboxylic acids is 2. The van der Waals surface area contributed by atoms with Gasteiger partial charge in [0.05, 0.1) is 17.0 Å². The minimum absolute atomic E-state index is 0.0885. The minimum Gasteiger partial charge on any atom is -0.352 e. The molecule has 0 aliphatic heterocycles. The number of nitrogens with one attached hydrogen (secondary N) is 1. The number of ketones is 1. The molecule has 0 saturated heterocycles. The fourth-order valence-electron chi connectivity index (χ4n) is 3.15. The van der Waals surface area contributed by atoms with E-state index in [4.69, 9.17) is 11.3 Å². The predicted molar refractivity (Wildman–Crippen MR) is 113 cm³/mol. The number of azide groups is 1. The number of hydrogen-bond acceptors (Lipinski definition) is 5. The zero-order valence-corrected chi connectivity index (χ0v) is 17.4. The maximum atomic E-state index is 13.6. The topological polar surface area (TPSA) is 155 Å². The van der Waals surface area contributed by atoms with Gasteiger partial charge in [0.25, 0.3) is 0 Å². The zero-order chi connectivity index (χ0) is 22.3. The van der Waals surface area contributed by atoms with Gasteiger partial charge in [-0.3, -0.25) is 4.79 Å². The number of nitrogens with zero attached hydrogens (tertiary/aromatic N) is 3. The van der Waals surface area contributed by atoms with E-state index in [1.165, 1.54) is 24.3 Å². The van der Waals surface area contributed by atoms with E-state index in [1.807, 2.05) is 0 Å². The monoisotopic (exact) mass is 429 g/mol. The van der Waals surface area contributed by atoms with Gasteiger partial charge in [0.2, 0.25) is 0 Å². The lowest BCUT2D eigenvalue weighted by Gasteiger charge is -2.30. The molecule has 3 N–H and O–H groups in total. The summed E-state index contributed by atoms with van der Waals surface area (Å²) in [4.78, 5) is 27.7. The summed E-state index contributed by atoms with van der Waals surface area (Å²) >= 11 is 0. The second-order valence-corrected chi connectivity index (χ2v) is 8.79. The molecule has 0 aliphatic carbocycles. The van der Waals surface area contributed by atoms with Gasteiger partial charge in [0.1, 0.15) is 5.25 Å². The van der Waals surface area contributed by atoms with Crippen molar-refractivity contribution < 1.29 is 18.0 Å². The summed E-state index contributed by atoms with van der Waals surface area (Å²) < 4.78 is 27.1. The van der Waals surface area contributed by atoms with Crippen molar-refractivity contribution in [3.8, 4) is 0 Å². The van der Waals surface area contributed by atoms with E-state index < -0.39 is 39.0 Å².